The van der Waals surface area contributed by atoms with Crippen LogP contribution in [0.1, 0.15) is 36.5 Å². The third-order valence-electron chi connectivity index (χ3n) is 3.77. The predicted octanol–water partition coefficient (Wildman–Crippen LogP) is 5.08. The molecule has 0 radical (unpaired) electrons. The lowest BCUT2D eigenvalue weighted by molar-refractivity contribution is -0.117. The van der Waals surface area contributed by atoms with Gasteiger partial charge in [0.2, 0.25) is 5.89 Å². The lowest BCUT2D eigenvalue weighted by atomic mass is 10.2. The Hall–Kier alpha value is -2.40. The van der Waals surface area contributed by atoms with Gasteiger partial charge in [-0.15, -0.1) is 11.8 Å². The zero-order chi connectivity index (χ0) is 17.5. The summed E-state index contributed by atoms with van der Waals surface area (Å²) in [6, 6.07) is 16.0. The van der Waals surface area contributed by atoms with Crippen LogP contribution >= 0.6 is 11.8 Å². The Kier molecular flexibility index (Phi) is 6.01. The van der Waals surface area contributed by atoms with E-state index < -0.39 is 0 Å². The van der Waals surface area contributed by atoms with Crippen LogP contribution in [0.5, 0.6) is 0 Å². The Labute approximate surface area is 151 Å². The lowest BCUT2D eigenvalue weighted by Crippen LogP contribution is -1.99. The topological polar surface area (TPSA) is 56.0 Å². The molecule has 4 nitrogen and oxygen atoms in total. The maximum atomic E-state index is 11.4. The number of aromatic nitrogens is 2. The van der Waals surface area contributed by atoms with Crippen molar-refractivity contribution in [1.29, 1.82) is 0 Å². The van der Waals surface area contributed by atoms with E-state index in [1.165, 1.54) is 5.56 Å². The summed E-state index contributed by atoms with van der Waals surface area (Å²) in [5.41, 5.74) is 2.01. The van der Waals surface area contributed by atoms with Gasteiger partial charge in [-0.25, -0.2) is 4.98 Å². The average molecular weight is 352 g/mol. The highest BCUT2D eigenvalue weighted by Crippen LogP contribution is 2.36. The molecule has 0 spiro atoms. The normalized spacial score (nSPS) is 12.0. The SMILES string of the molecule is CC(=O)CCC(SCc1ccccc1)c1ncc(-c2ccccn2)o1. The Morgan fingerprint density at radius 1 is 1.12 bits per heavy atom. The van der Waals surface area contributed by atoms with Crippen molar-refractivity contribution in [2.45, 2.75) is 30.8 Å². The number of carbonyl (C=O) groups excluding carboxylic acids is 1. The van der Waals surface area contributed by atoms with Crippen molar-refractivity contribution in [3.05, 3.63) is 72.4 Å². The summed E-state index contributed by atoms with van der Waals surface area (Å²) >= 11 is 1.75. The summed E-state index contributed by atoms with van der Waals surface area (Å²) in [5.74, 6) is 2.35. The number of thioether (sulfide) groups is 1. The molecule has 0 N–H and O–H groups in total. The van der Waals surface area contributed by atoms with E-state index in [2.05, 4.69) is 22.1 Å². The molecule has 1 unspecified atom stereocenters. The average Bonchev–Trinajstić information content (AvgIpc) is 3.13. The van der Waals surface area contributed by atoms with Crippen molar-refractivity contribution in [2.24, 2.45) is 0 Å². The van der Waals surface area contributed by atoms with E-state index in [1.54, 1.807) is 31.1 Å². The van der Waals surface area contributed by atoms with Crippen LogP contribution in [0, 0.1) is 0 Å². The fraction of sp³-hybridized carbons (Fsp3) is 0.250. The number of Topliss-reactive ketones (excluding diaryl/α,β-unsaturated/α-hetero) is 1. The fourth-order valence-corrected chi connectivity index (χ4v) is 3.57. The van der Waals surface area contributed by atoms with E-state index >= 15 is 0 Å². The van der Waals surface area contributed by atoms with Crippen LogP contribution in [0.25, 0.3) is 11.5 Å². The molecule has 128 valence electrons. The maximum absolute atomic E-state index is 11.4. The van der Waals surface area contributed by atoms with Gasteiger partial charge in [-0.2, -0.15) is 0 Å². The second-order valence-electron chi connectivity index (χ2n) is 5.80. The molecule has 0 aliphatic heterocycles. The number of rotatable bonds is 8. The number of oxazole rings is 1. The summed E-state index contributed by atoms with van der Waals surface area (Å²) in [5, 5.41) is 0.0431. The van der Waals surface area contributed by atoms with Crippen LogP contribution < -0.4 is 0 Å². The van der Waals surface area contributed by atoms with Crippen LogP contribution in [0.15, 0.2) is 65.3 Å². The second-order valence-corrected chi connectivity index (χ2v) is 6.99. The highest BCUT2D eigenvalue weighted by Gasteiger charge is 2.20. The van der Waals surface area contributed by atoms with Gasteiger partial charge in [0.05, 0.1) is 11.4 Å². The van der Waals surface area contributed by atoms with E-state index in [9.17, 15) is 4.79 Å². The van der Waals surface area contributed by atoms with Gasteiger partial charge in [-0.3, -0.25) is 4.98 Å². The molecule has 0 saturated carbocycles. The van der Waals surface area contributed by atoms with Crippen LogP contribution in [0.3, 0.4) is 0 Å². The predicted molar refractivity (Wildman–Crippen MR) is 100 cm³/mol. The van der Waals surface area contributed by atoms with Gasteiger partial charge >= 0.3 is 0 Å². The van der Waals surface area contributed by atoms with Crippen LogP contribution in [0.2, 0.25) is 0 Å². The first-order valence-corrected chi connectivity index (χ1v) is 9.29. The number of benzene rings is 1. The smallest absolute Gasteiger partial charge is 0.208 e. The van der Waals surface area contributed by atoms with Crippen LogP contribution in [0.4, 0.5) is 0 Å². The molecule has 5 heteroatoms. The monoisotopic (exact) mass is 352 g/mol. The molecule has 0 saturated heterocycles. The molecule has 0 aliphatic rings. The van der Waals surface area contributed by atoms with Crippen molar-refractivity contribution < 1.29 is 9.21 Å². The first kappa shape index (κ1) is 17.4. The number of ketones is 1. The quantitative estimate of drug-likeness (QED) is 0.566. The summed E-state index contributed by atoms with van der Waals surface area (Å²) in [6.07, 6.45) is 4.68. The van der Waals surface area contributed by atoms with Gasteiger partial charge in [0.25, 0.3) is 0 Å². The lowest BCUT2D eigenvalue weighted by Gasteiger charge is -2.12. The van der Waals surface area contributed by atoms with Gasteiger partial charge < -0.3 is 9.21 Å². The van der Waals surface area contributed by atoms with Crippen molar-refractivity contribution in [3.8, 4) is 11.5 Å². The zero-order valence-electron chi connectivity index (χ0n) is 14.1. The molecule has 1 atom stereocenters. The molecular weight excluding hydrogens is 332 g/mol. The van der Waals surface area contributed by atoms with Gasteiger partial charge in [0, 0.05) is 18.4 Å². The van der Waals surface area contributed by atoms with E-state index in [1.807, 2.05) is 36.4 Å². The number of pyridine rings is 1. The molecule has 0 bridgehead atoms. The van der Waals surface area contributed by atoms with Crippen molar-refractivity contribution in [2.75, 3.05) is 0 Å². The second kappa shape index (κ2) is 8.62. The molecular formula is C20H20N2O2S. The summed E-state index contributed by atoms with van der Waals surface area (Å²) in [4.78, 5) is 20.1. The molecule has 0 aliphatic carbocycles. The maximum Gasteiger partial charge on any atom is 0.208 e. The number of hydrogen-bond donors (Lipinski definition) is 0. The van der Waals surface area contributed by atoms with E-state index in [0.29, 0.717) is 18.1 Å². The molecule has 1 aromatic carbocycles. The van der Waals surface area contributed by atoms with Crippen LogP contribution in [-0.2, 0) is 10.5 Å². The van der Waals surface area contributed by atoms with Crippen molar-refractivity contribution >= 4 is 17.5 Å². The molecule has 0 amide bonds. The molecule has 2 aromatic heterocycles. The Bertz CT molecular complexity index is 803. The molecule has 2 heterocycles. The Balaban J connectivity index is 1.74. The summed E-state index contributed by atoms with van der Waals surface area (Å²) in [7, 11) is 0. The largest absolute Gasteiger partial charge is 0.438 e. The van der Waals surface area contributed by atoms with Gasteiger partial charge in [0.15, 0.2) is 5.76 Å². The number of hydrogen-bond acceptors (Lipinski definition) is 5. The molecule has 3 rings (SSSR count). The minimum Gasteiger partial charge on any atom is -0.438 e. The van der Waals surface area contributed by atoms with E-state index in [0.717, 1.165) is 17.9 Å². The zero-order valence-corrected chi connectivity index (χ0v) is 14.9. The van der Waals surface area contributed by atoms with Crippen molar-refractivity contribution in [1.82, 2.24) is 9.97 Å². The third kappa shape index (κ3) is 5.03. The highest BCUT2D eigenvalue weighted by atomic mass is 32.2. The third-order valence-corrected chi connectivity index (χ3v) is 5.11. The summed E-state index contributed by atoms with van der Waals surface area (Å²) in [6.45, 7) is 1.62. The first-order chi connectivity index (χ1) is 12.2. The molecule has 0 fully saturated rings. The summed E-state index contributed by atoms with van der Waals surface area (Å²) < 4.78 is 5.95. The van der Waals surface area contributed by atoms with Crippen molar-refractivity contribution in [3.63, 3.8) is 0 Å². The Morgan fingerprint density at radius 2 is 1.92 bits per heavy atom. The van der Waals surface area contributed by atoms with E-state index in [4.69, 9.17) is 4.42 Å². The minimum absolute atomic E-state index is 0.0431. The van der Waals surface area contributed by atoms with Gasteiger partial charge in [-0.1, -0.05) is 36.4 Å². The van der Waals surface area contributed by atoms with Gasteiger partial charge in [-0.05, 0) is 31.0 Å². The number of nitrogens with zero attached hydrogens (tertiary/aromatic N) is 2. The van der Waals surface area contributed by atoms with E-state index in [-0.39, 0.29) is 11.0 Å². The highest BCUT2D eigenvalue weighted by molar-refractivity contribution is 7.98. The fourth-order valence-electron chi connectivity index (χ4n) is 2.45. The van der Waals surface area contributed by atoms with Crippen LogP contribution in [-0.4, -0.2) is 15.8 Å². The minimum atomic E-state index is 0.0431. The molecule has 25 heavy (non-hydrogen) atoms. The Morgan fingerprint density at radius 3 is 2.64 bits per heavy atom. The standard InChI is InChI=1S/C20H20N2O2S/c1-15(23)10-11-19(25-14-16-7-3-2-4-8-16)20-22-13-18(24-20)17-9-5-6-12-21-17/h2-9,12-13,19H,10-11,14H2,1H3. The first-order valence-electron chi connectivity index (χ1n) is 8.24. The molecule has 3 aromatic rings. The number of carbonyl (C=O) groups is 1. The van der Waals surface area contributed by atoms with Gasteiger partial charge in [0.1, 0.15) is 11.5 Å².